The van der Waals surface area contributed by atoms with E-state index in [0.29, 0.717) is 56.1 Å². The number of aromatic nitrogens is 4. The molecule has 12 heteroatoms. The Balaban J connectivity index is 1.29. The molecule has 2 aliphatic heterocycles. The van der Waals surface area contributed by atoms with Crippen LogP contribution in [0, 0.1) is 0 Å². The largest absolute Gasteiger partial charge is 0.485 e. The number of fused-ring (bicyclic) bond motifs is 1. The first-order chi connectivity index (χ1) is 17.6. The molecule has 3 aromatic heterocycles. The van der Waals surface area contributed by atoms with Crippen molar-refractivity contribution in [2.24, 2.45) is 0 Å². The zero-order valence-electron chi connectivity index (χ0n) is 19.9. The predicted octanol–water partition coefficient (Wildman–Crippen LogP) is 0.901. The topological polar surface area (TPSA) is 128 Å². The molecule has 36 heavy (non-hydrogen) atoms. The second kappa shape index (κ2) is 10.6. The molecule has 0 radical (unpaired) electrons. The van der Waals surface area contributed by atoms with Crippen molar-refractivity contribution >= 4 is 23.7 Å². The Morgan fingerprint density at radius 1 is 1.25 bits per heavy atom. The van der Waals surface area contributed by atoms with Gasteiger partial charge in [-0.05, 0) is 17.7 Å². The van der Waals surface area contributed by atoms with Gasteiger partial charge in [-0.25, -0.2) is 9.97 Å². The highest BCUT2D eigenvalue weighted by Crippen LogP contribution is 2.27. The minimum Gasteiger partial charge on any atom is -0.485 e. The van der Waals surface area contributed by atoms with Crippen molar-refractivity contribution in [3.8, 4) is 11.7 Å². The maximum absolute atomic E-state index is 13.0. The molecule has 5 rings (SSSR count). The number of carbonyl (C=O) groups excluding carboxylic acids is 2. The first-order valence-electron chi connectivity index (χ1n) is 11.6. The van der Waals surface area contributed by atoms with Gasteiger partial charge in [0.25, 0.3) is 0 Å². The van der Waals surface area contributed by atoms with Crippen LogP contribution in [0.15, 0.2) is 53.3 Å². The first-order valence-corrected chi connectivity index (χ1v) is 11.6. The van der Waals surface area contributed by atoms with Crippen LogP contribution in [0.2, 0.25) is 0 Å². The zero-order chi connectivity index (χ0) is 24.9. The molecule has 1 saturated heterocycles. The van der Waals surface area contributed by atoms with Crippen molar-refractivity contribution in [1.29, 1.82) is 0 Å². The highest BCUT2D eigenvalue weighted by atomic mass is 16.5. The Morgan fingerprint density at radius 2 is 2.17 bits per heavy atom. The summed E-state index contributed by atoms with van der Waals surface area (Å²) in [7, 11) is 1.49. The summed E-state index contributed by atoms with van der Waals surface area (Å²) in [6.07, 6.45) is 10.4. The number of amides is 2. The fourth-order valence-electron chi connectivity index (χ4n) is 4.31. The van der Waals surface area contributed by atoms with Gasteiger partial charge in [0.2, 0.25) is 17.8 Å². The van der Waals surface area contributed by atoms with E-state index in [0.717, 1.165) is 5.57 Å². The summed E-state index contributed by atoms with van der Waals surface area (Å²) >= 11 is 0. The molecule has 0 saturated carbocycles. The smallest absolute Gasteiger partial charge is 0.248 e. The van der Waals surface area contributed by atoms with E-state index in [1.807, 2.05) is 12.1 Å². The number of anilines is 1. The summed E-state index contributed by atoms with van der Waals surface area (Å²) in [6, 6.07) is 3.29. The van der Waals surface area contributed by atoms with Crippen LogP contribution in [0.3, 0.4) is 0 Å². The van der Waals surface area contributed by atoms with Crippen molar-refractivity contribution in [1.82, 2.24) is 29.7 Å². The van der Waals surface area contributed by atoms with Gasteiger partial charge in [0.05, 0.1) is 12.3 Å². The fourth-order valence-corrected chi connectivity index (χ4v) is 4.31. The molecule has 1 fully saturated rings. The van der Waals surface area contributed by atoms with Gasteiger partial charge < -0.3 is 29.0 Å². The molecule has 2 amide bonds. The van der Waals surface area contributed by atoms with E-state index in [-0.39, 0.29) is 30.9 Å². The lowest BCUT2D eigenvalue weighted by Gasteiger charge is -2.42. The summed E-state index contributed by atoms with van der Waals surface area (Å²) < 4.78 is 17.8. The third kappa shape index (κ3) is 5.23. The van der Waals surface area contributed by atoms with Crippen molar-refractivity contribution in [2.75, 3.05) is 51.4 Å². The minimum absolute atomic E-state index is 0.000122. The van der Waals surface area contributed by atoms with Gasteiger partial charge in [-0.1, -0.05) is 0 Å². The average Bonchev–Trinajstić information content (AvgIpc) is 3.60. The molecule has 1 N–H and O–H groups in total. The molecular formula is C24H27N7O5. The van der Waals surface area contributed by atoms with Gasteiger partial charge in [0, 0.05) is 64.4 Å². The second-order valence-electron chi connectivity index (χ2n) is 8.53. The van der Waals surface area contributed by atoms with E-state index in [2.05, 4.69) is 25.2 Å². The lowest BCUT2D eigenvalue weighted by molar-refractivity contribution is -0.136. The van der Waals surface area contributed by atoms with E-state index in [1.54, 1.807) is 46.7 Å². The third-order valence-electron chi connectivity index (χ3n) is 6.10. The molecule has 3 aromatic rings. The van der Waals surface area contributed by atoms with Gasteiger partial charge in [-0.15, -0.1) is 0 Å². The van der Waals surface area contributed by atoms with Crippen molar-refractivity contribution in [2.45, 2.75) is 12.5 Å². The minimum atomic E-state index is -0.279. The van der Waals surface area contributed by atoms with Gasteiger partial charge in [-0.2, -0.15) is 4.98 Å². The summed E-state index contributed by atoms with van der Waals surface area (Å²) in [5.41, 5.74) is 0.906. The van der Waals surface area contributed by atoms with Crippen molar-refractivity contribution in [3.05, 3.63) is 54.6 Å². The molecule has 1 atom stereocenters. The van der Waals surface area contributed by atoms with Gasteiger partial charge in [0.1, 0.15) is 25.4 Å². The molecule has 188 valence electrons. The first kappa shape index (κ1) is 23.5. The van der Waals surface area contributed by atoms with E-state index in [9.17, 15) is 9.59 Å². The number of furan rings is 1. The number of hydrogen-bond donors (Lipinski definition) is 1. The monoisotopic (exact) mass is 493 g/mol. The molecule has 5 heterocycles. The number of ether oxygens (including phenoxy) is 2. The van der Waals surface area contributed by atoms with Crippen LogP contribution < -0.4 is 15.0 Å². The Kier molecular flexibility index (Phi) is 6.94. The number of carbonyl (C=O) groups is 2. The van der Waals surface area contributed by atoms with Gasteiger partial charge >= 0.3 is 0 Å². The quantitative estimate of drug-likeness (QED) is 0.487. The molecular weight excluding hydrogens is 466 g/mol. The summed E-state index contributed by atoms with van der Waals surface area (Å²) in [5, 5.41) is 2.97. The van der Waals surface area contributed by atoms with E-state index < -0.39 is 0 Å². The summed E-state index contributed by atoms with van der Waals surface area (Å²) in [6.45, 7) is 2.13. The average molecular weight is 494 g/mol. The highest BCUT2D eigenvalue weighted by Gasteiger charge is 2.32. The fraction of sp³-hybridized carbons (Fsp3) is 0.375. The number of methoxy groups -OCH3 is 1. The van der Waals surface area contributed by atoms with E-state index >= 15 is 0 Å². The number of nitrogens with zero attached hydrogens (tertiary/aromatic N) is 6. The molecule has 12 nitrogen and oxygen atoms in total. The Labute approximate surface area is 207 Å². The van der Waals surface area contributed by atoms with Crippen LogP contribution >= 0.6 is 0 Å². The Morgan fingerprint density at radius 3 is 3.00 bits per heavy atom. The van der Waals surface area contributed by atoms with Crippen LogP contribution in [0.1, 0.15) is 12.2 Å². The molecule has 0 bridgehead atoms. The summed E-state index contributed by atoms with van der Waals surface area (Å²) in [4.78, 5) is 42.3. The van der Waals surface area contributed by atoms with Crippen LogP contribution in [0.4, 0.5) is 5.82 Å². The predicted molar refractivity (Wildman–Crippen MR) is 129 cm³/mol. The normalized spacial score (nSPS) is 17.2. The standard InChI is InChI=1S/C24H27N7O5/c1-34-15-23(33)29-7-8-31(21-2-4-26-24(28-21)30-6-5-25-16-30)18(13-29)11-22(32)27-12-17-10-20-19(36-14-17)3-9-35-20/h2-6,9-10,16,18H,7-8,11-15H2,1H3,(H,27,32). The number of nitrogens with one attached hydrogen (secondary N) is 1. The zero-order valence-corrected chi connectivity index (χ0v) is 19.9. The lowest BCUT2D eigenvalue weighted by Crippen LogP contribution is -2.57. The Hall–Kier alpha value is -4.19. The van der Waals surface area contributed by atoms with Crippen molar-refractivity contribution in [3.63, 3.8) is 0 Å². The van der Waals surface area contributed by atoms with E-state index in [4.69, 9.17) is 13.9 Å². The number of hydrogen-bond acceptors (Lipinski definition) is 9. The third-order valence-corrected chi connectivity index (χ3v) is 6.10. The van der Waals surface area contributed by atoms with Gasteiger partial charge in [-0.3, -0.25) is 14.2 Å². The lowest BCUT2D eigenvalue weighted by atomic mass is 10.1. The van der Waals surface area contributed by atoms with Crippen LogP contribution in [-0.2, 0) is 14.3 Å². The second-order valence-corrected chi connectivity index (χ2v) is 8.53. The molecule has 1 unspecified atom stereocenters. The molecule has 0 aromatic carbocycles. The molecule has 2 aliphatic rings. The highest BCUT2D eigenvalue weighted by molar-refractivity contribution is 5.80. The van der Waals surface area contributed by atoms with E-state index in [1.165, 1.54) is 7.11 Å². The Bertz CT molecular complexity index is 1240. The SMILES string of the molecule is COCC(=O)N1CCN(c2ccnc(-n3ccnc3)n2)C(CC(=O)NCC2=Cc3occc3OC2)C1. The van der Waals surface area contributed by atoms with Crippen LogP contribution in [0.25, 0.3) is 12.0 Å². The maximum atomic E-state index is 13.0. The van der Waals surface area contributed by atoms with Gasteiger partial charge in [0.15, 0.2) is 11.5 Å². The summed E-state index contributed by atoms with van der Waals surface area (Å²) in [5.74, 6) is 2.26. The maximum Gasteiger partial charge on any atom is 0.248 e. The van der Waals surface area contributed by atoms with Crippen molar-refractivity contribution < 1.29 is 23.5 Å². The van der Waals surface area contributed by atoms with Crippen LogP contribution in [-0.4, -0.2) is 88.8 Å². The molecule has 0 spiro atoms. The van der Waals surface area contributed by atoms with Crippen LogP contribution in [0.5, 0.6) is 5.75 Å². The molecule has 0 aliphatic carbocycles. The number of piperazine rings is 1. The number of imidazole rings is 1. The number of rotatable bonds is 8.